The summed E-state index contributed by atoms with van der Waals surface area (Å²) >= 11 is 0. The average Bonchev–Trinajstić information content (AvgIpc) is 1.51. The molecule has 1 N–H and O–H groups in total. The summed E-state index contributed by atoms with van der Waals surface area (Å²) in [4.78, 5) is 2.38. The molecule has 0 saturated carbocycles. The largest absolute Gasteiger partial charge is 0.315 e. The number of halogens is 1. The number of likely N-dealkylation sites (tertiary alicyclic amines) is 1. The molecule has 2 fully saturated rings. The maximum absolute atomic E-state index is 3.30. The molecule has 2 aliphatic heterocycles. The van der Waals surface area contributed by atoms with Gasteiger partial charge in [-0.1, -0.05) is 0 Å². The Balaban J connectivity index is 0.000000405. The van der Waals surface area contributed by atoms with E-state index in [1.165, 1.54) is 26.2 Å². The summed E-state index contributed by atoms with van der Waals surface area (Å²) in [7, 11) is 2.18. The van der Waals surface area contributed by atoms with Crippen molar-refractivity contribution in [1.29, 1.82) is 0 Å². The molecule has 2 nitrogen and oxygen atoms in total. The molecule has 9 heavy (non-hydrogen) atoms. The van der Waals surface area contributed by atoms with Gasteiger partial charge in [-0.25, -0.2) is 0 Å². The monoisotopic (exact) mass is 148 g/mol. The van der Waals surface area contributed by atoms with Gasteiger partial charge in [-0.15, -0.1) is 12.4 Å². The SMILES string of the molecule is CN1CC2(CNC2)C1.Cl. The molecule has 54 valence electrons. The van der Waals surface area contributed by atoms with Gasteiger partial charge in [0, 0.05) is 31.6 Å². The molecule has 0 bridgehead atoms. The molecule has 0 aromatic carbocycles. The molecule has 2 heterocycles. The van der Waals surface area contributed by atoms with E-state index in [1.54, 1.807) is 0 Å². The Kier molecular flexibility index (Phi) is 1.72. The van der Waals surface area contributed by atoms with E-state index in [9.17, 15) is 0 Å². The van der Waals surface area contributed by atoms with Crippen LogP contribution < -0.4 is 5.32 Å². The first-order valence-corrected chi connectivity index (χ1v) is 3.20. The van der Waals surface area contributed by atoms with E-state index in [0.717, 1.165) is 5.41 Å². The van der Waals surface area contributed by atoms with Crippen molar-refractivity contribution in [3.63, 3.8) is 0 Å². The Morgan fingerprint density at radius 3 is 2.00 bits per heavy atom. The third kappa shape index (κ3) is 0.955. The predicted octanol–water partition coefficient (Wildman–Crippen LogP) is -0.0568. The highest BCUT2D eigenvalue weighted by atomic mass is 35.5. The number of rotatable bonds is 0. The Hall–Kier alpha value is 0.210. The summed E-state index contributed by atoms with van der Waals surface area (Å²) in [6, 6.07) is 0. The van der Waals surface area contributed by atoms with Crippen LogP contribution in [0.4, 0.5) is 0 Å². The van der Waals surface area contributed by atoms with Crippen molar-refractivity contribution in [2.45, 2.75) is 0 Å². The molecule has 3 heteroatoms. The van der Waals surface area contributed by atoms with Gasteiger partial charge < -0.3 is 10.2 Å². The van der Waals surface area contributed by atoms with Crippen molar-refractivity contribution >= 4 is 12.4 Å². The zero-order valence-electron chi connectivity index (χ0n) is 5.68. The second-order valence-electron chi connectivity index (χ2n) is 3.28. The van der Waals surface area contributed by atoms with Gasteiger partial charge >= 0.3 is 0 Å². The van der Waals surface area contributed by atoms with Gasteiger partial charge in [0.2, 0.25) is 0 Å². The summed E-state index contributed by atoms with van der Waals surface area (Å²) in [5.74, 6) is 0. The fraction of sp³-hybridized carbons (Fsp3) is 1.00. The summed E-state index contributed by atoms with van der Waals surface area (Å²) in [5, 5.41) is 3.30. The summed E-state index contributed by atoms with van der Waals surface area (Å²) in [6.07, 6.45) is 0. The highest BCUT2D eigenvalue weighted by Gasteiger charge is 2.45. The van der Waals surface area contributed by atoms with Gasteiger partial charge in [0.25, 0.3) is 0 Å². The fourth-order valence-electron chi connectivity index (χ4n) is 1.80. The van der Waals surface area contributed by atoms with E-state index >= 15 is 0 Å². The van der Waals surface area contributed by atoms with Crippen LogP contribution in [0.5, 0.6) is 0 Å². The van der Waals surface area contributed by atoms with Crippen LogP contribution in [-0.2, 0) is 0 Å². The average molecular weight is 149 g/mol. The predicted molar refractivity (Wildman–Crippen MR) is 40.0 cm³/mol. The van der Waals surface area contributed by atoms with Crippen LogP contribution in [-0.4, -0.2) is 38.1 Å². The van der Waals surface area contributed by atoms with Crippen molar-refractivity contribution in [3.05, 3.63) is 0 Å². The second kappa shape index (κ2) is 2.11. The summed E-state index contributed by atoms with van der Waals surface area (Å²) < 4.78 is 0. The molecular formula is C6H13ClN2. The number of hydrogen-bond donors (Lipinski definition) is 1. The third-order valence-corrected chi connectivity index (χ3v) is 2.21. The topological polar surface area (TPSA) is 15.3 Å². The lowest BCUT2D eigenvalue weighted by atomic mass is 9.75. The third-order valence-electron chi connectivity index (χ3n) is 2.21. The van der Waals surface area contributed by atoms with E-state index < -0.39 is 0 Å². The van der Waals surface area contributed by atoms with Crippen molar-refractivity contribution < 1.29 is 0 Å². The van der Waals surface area contributed by atoms with Crippen LogP contribution in [0.2, 0.25) is 0 Å². The lowest BCUT2D eigenvalue weighted by molar-refractivity contribution is -0.0218. The molecule has 1 spiro atoms. The van der Waals surface area contributed by atoms with E-state index in [0.29, 0.717) is 0 Å². The standard InChI is InChI=1S/C6H12N2.ClH/c1-8-4-6(5-8)2-7-3-6;/h7H,2-5H2,1H3;1H. The second-order valence-corrected chi connectivity index (χ2v) is 3.28. The normalized spacial score (nSPS) is 30.3. The molecule has 2 rings (SSSR count). The molecule has 0 amide bonds. The molecule has 0 aliphatic carbocycles. The minimum absolute atomic E-state index is 0. The molecule has 0 aromatic heterocycles. The van der Waals surface area contributed by atoms with Crippen molar-refractivity contribution in [2.24, 2.45) is 5.41 Å². The van der Waals surface area contributed by atoms with E-state index in [4.69, 9.17) is 0 Å². The highest BCUT2D eigenvalue weighted by Crippen LogP contribution is 2.32. The number of nitrogens with one attached hydrogen (secondary N) is 1. The van der Waals surface area contributed by atoms with Gasteiger partial charge in [0.15, 0.2) is 0 Å². The van der Waals surface area contributed by atoms with Crippen LogP contribution in [0.25, 0.3) is 0 Å². The molecule has 0 radical (unpaired) electrons. The lowest BCUT2D eigenvalue weighted by Crippen LogP contribution is -2.69. The van der Waals surface area contributed by atoms with Gasteiger partial charge in [0.1, 0.15) is 0 Å². The van der Waals surface area contributed by atoms with E-state index in [1.807, 2.05) is 0 Å². The minimum Gasteiger partial charge on any atom is -0.315 e. The zero-order chi connectivity index (χ0) is 5.61. The highest BCUT2D eigenvalue weighted by molar-refractivity contribution is 5.85. The van der Waals surface area contributed by atoms with Crippen LogP contribution in [0, 0.1) is 5.41 Å². The van der Waals surface area contributed by atoms with E-state index in [-0.39, 0.29) is 12.4 Å². The first-order valence-electron chi connectivity index (χ1n) is 3.20. The zero-order valence-corrected chi connectivity index (χ0v) is 6.50. The Morgan fingerprint density at radius 2 is 1.89 bits per heavy atom. The van der Waals surface area contributed by atoms with Gasteiger partial charge in [0.05, 0.1) is 0 Å². The lowest BCUT2D eigenvalue weighted by Gasteiger charge is -2.55. The molecule has 2 saturated heterocycles. The quantitative estimate of drug-likeness (QED) is 0.518. The van der Waals surface area contributed by atoms with Gasteiger partial charge in [-0.3, -0.25) is 0 Å². The molecule has 0 aromatic rings. The number of hydrogen-bond acceptors (Lipinski definition) is 2. The Morgan fingerprint density at radius 1 is 1.33 bits per heavy atom. The fourth-order valence-corrected chi connectivity index (χ4v) is 1.80. The molecular weight excluding hydrogens is 136 g/mol. The van der Waals surface area contributed by atoms with Crippen molar-refractivity contribution in [2.75, 3.05) is 33.2 Å². The number of nitrogens with zero attached hydrogens (tertiary/aromatic N) is 1. The first-order chi connectivity index (χ1) is 3.81. The van der Waals surface area contributed by atoms with Crippen molar-refractivity contribution in [3.8, 4) is 0 Å². The Bertz CT molecular complexity index is 104. The molecule has 2 aliphatic rings. The van der Waals surface area contributed by atoms with Crippen LogP contribution in [0.3, 0.4) is 0 Å². The van der Waals surface area contributed by atoms with Crippen LogP contribution >= 0.6 is 12.4 Å². The smallest absolute Gasteiger partial charge is 0.0206 e. The van der Waals surface area contributed by atoms with Crippen molar-refractivity contribution in [1.82, 2.24) is 10.2 Å². The summed E-state index contributed by atoms with van der Waals surface area (Å²) in [5.41, 5.74) is 0.731. The maximum atomic E-state index is 3.30. The first kappa shape index (κ1) is 7.32. The van der Waals surface area contributed by atoms with Crippen LogP contribution in [0.1, 0.15) is 0 Å². The minimum atomic E-state index is 0. The Labute approximate surface area is 62.0 Å². The van der Waals surface area contributed by atoms with Gasteiger partial charge in [-0.05, 0) is 7.05 Å². The van der Waals surface area contributed by atoms with Crippen LogP contribution in [0.15, 0.2) is 0 Å². The summed E-state index contributed by atoms with van der Waals surface area (Å²) in [6.45, 7) is 5.16. The maximum Gasteiger partial charge on any atom is 0.0206 e. The van der Waals surface area contributed by atoms with E-state index in [2.05, 4.69) is 17.3 Å². The molecule has 0 unspecified atom stereocenters. The molecule has 0 atom stereocenters. The van der Waals surface area contributed by atoms with Gasteiger partial charge in [-0.2, -0.15) is 0 Å².